The molecule has 2 rings (SSSR count). The molecule has 2 aromatic heterocycles. The van der Waals surface area contributed by atoms with Crippen LogP contribution >= 0.6 is 0 Å². The van der Waals surface area contributed by atoms with Crippen molar-refractivity contribution in [3.8, 4) is 0 Å². The summed E-state index contributed by atoms with van der Waals surface area (Å²) >= 11 is 0. The Morgan fingerprint density at radius 3 is 2.42 bits per heavy atom. The molecule has 0 aliphatic carbocycles. The van der Waals surface area contributed by atoms with Crippen LogP contribution in [0.25, 0.3) is 0 Å². The summed E-state index contributed by atoms with van der Waals surface area (Å²) in [5.74, 6) is -1.47. The maximum atomic E-state index is 13.5. The van der Waals surface area contributed by atoms with Gasteiger partial charge in [-0.25, -0.2) is 9.78 Å². The minimum absolute atomic E-state index is 0.145. The fourth-order valence-corrected chi connectivity index (χ4v) is 1.79. The van der Waals surface area contributed by atoms with E-state index >= 15 is 0 Å². The first-order chi connectivity index (χ1) is 11.2. The number of pyridine rings is 2. The van der Waals surface area contributed by atoms with Gasteiger partial charge in [0.15, 0.2) is 6.29 Å². The maximum absolute atomic E-state index is 13.5. The van der Waals surface area contributed by atoms with E-state index < -0.39 is 30.5 Å². The van der Waals surface area contributed by atoms with E-state index in [1.54, 1.807) is 0 Å². The van der Waals surface area contributed by atoms with Crippen LogP contribution in [0.3, 0.4) is 0 Å². The number of carboxylic acid groups (broad SMARTS) is 1. The lowest BCUT2D eigenvalue weighted by Crippen LogP contribution is -2.29. The monoisotopic (exact) mass is 343 g/mol. The lowest BCUT2D eigenvalue weighted by atomic mass is 10.2. The topological polar surface area (TPSA) is 83.4 Å². The Labute approximate surface area is 132 Å². The highest BCUT2D eigenvalue weighted by molar-refractivity contribution is 5.85. The SMILES string of the molecule is O=Cc1ccc(N(Cc2ccc(C(F)(F)F)nc2)C(=O)O)nc1F. The number of nitrogens with zero attached hydrogens (tertiary/aromatic N) is 3. The molecule has 0 radical (unpaired) electrons. The van der Waals surface area contributed by atoms with Gasteiger partial charge in [-0.3, -0.25) is 14.7 Å². The van der Waals surface area contributed by atoms with E-state index in [-0.39, 0.29) is 23.2 Å². The summed E-state index contributed by atoms with van der Waals surface area (Å²) in [6, 6.07) is 3.92. The number of carbonyl (C=O) groups is 2. The van der Waals surface area contributed by atoms with Crippen molar-refractivity contribution in [2.45, 2.75) is 12.7 Å². The number of hydrogen-bond donors (Lipinski definition) is 1. The lowest BCUT2D eigenvalue weighted by molar-refractivity contribution is -0.141. The first kappa shape index (κ1) is 17.3. The summed E-state index contributed by atoms with van der Waals surface area (Å²) in [5, 5.41) is 9.18. The third-order valence-corrected chi connectivity index (χ3v) is 2.95. The zero-order valence-electron chi connectivity index (χ0n) is 11.8. The van der Waals surface area contributed by atoms with Crippen molar-refractivity contribution in [1.29, 1.82) is 0 Å². The average molecular weight is 343 g/mol. The van der Waals surface area contributed by atoms with Crippen LogP contribution in [0.1, 0.15) is 21.6 Å². The van der Waals surface area contributed by atoms with Crippen LogP contribution in [0.15, 0.2) is 30.5 Å². The van der Waals surface area contributed by atoms with Crippen molar-refractivity contribution in [2.24, 2.45) is 0 Å². The van der Waals surface area contributed by atoms with Gasteiger partial charge < -0.3 is 5.11 Å². The molecule has 0 spiro atoms. The molecular formula is C14H9F4N3O3. The van der Waals surface area contributed by atoms with Crippen LogP contribution in [-0.2, 0) is 12.7 Å². The molecular weight excluding hydrogens is 334 g/mol. The summed E-state index contributed by atoms with van der Waals surface area (Å²) in [7, 11) is 0. The van der Waals surface area contributed by atoms with E-state index in [0.717, 1.165) is 24.4 Å². The normalized spacial score (nSPS) is 11.2. The Morgan fingerprint density at radius 2 is 1.96 bits per heavy atom. The molecule has 1 amide bonds. The highest BCUT2D eigenvalue weighted by atomic mass is 19.4. The number of carbonyl (C=O) groups excluding carboxylic acids is 1. The van der Waals surface area contributed by atoms with Crippen LogP contribution in [0, 0.1) is 5.95 Å². The highest BCUT2D eigenvalue weighted by Crippen LogP contribution is 2.27. The largest absolute Gasteiger partial charge is 0.465 e. The van der Waals surface area contributed by atoms with Crippen molar-refractivity contribution in [1.82, 2.24) is 9.97 Å². The van der Waals surface area contributed by atoms with E-state index in [2.05, 4.69) is 9.97 Å². The predicted octanol–water partition coefficient (Wildman–Crippen LogP) is 3.13. The average Bonchev–Trinajstić information content (AvgIpc) is 2.52. The molecule has 0 unspecified atom stereocenters. The van der Waals surface area contributed by atoms with E-state index in [9.17, 15) is 32.3 Å². The van der Waals surface area contributed by atoms with E-state index in [4.69, 9.17) is 0 Å². The maximum Gasteiger partial charge on any atom is 0.433 e. The number of aromatic nitrogens is 2. The Bertz CT molecular complexity index is 763. The Hall–Kier alpha value is -3.04. The zero-order chi connectivity index (χ0) is 17.9. The fraction of sp³-hybridized carbons (Fsp3) is 0.143. The summed E-state index contributed by atoms with van der Waals surface area (Å²) in [6.07, 6.45) is -5.02. The molecule has 0 saturated heterocycles. The van der Waals surface area contributed by atoms with Gasteiger partial charge in [0.1, 0.15) is 11.5 Å². The summed E-state index contributed by atoms with van der Waals surface area (Å²) in [6.45, 7) is -0.395. The molecule has 0 atom stereocenters. The molecule has 0 aliphatic rings. The molecule has 0 aliphatic heterocycles. The Kier molecular flexibility index (Phi) is 4.77. The first-order valence-electron chi connectivity index (χ1n) is 6.36. The lowest BCUT2D eigenvalue weighted by Gasteiger charge is -2.18. The second kappa shape index (κ2) is 6.60. The predicted molar refractivity (Wildman–Crippen MR) is 73.0 cm³/mol. The molecule has 126 valence electrons. The summed E-state index contributed by atoms with van der Waals surface area (Å²) in [4.78, 5) is 29.0. The van der Waals surface area contributed by atoms with Gasteiger partial charge in [0.25, 0.3) is 0 Å². The Morgan fingerprint density at radius 1 is 1.25 bits per heavy atom. The van der Waals surface area contributed by atoms with Gasteiger partial charge in [0.2, 0.25) is 5.95 Å². The van der Waals surface area contributed by atoms with Crippen molar-refractivity contribution in [3.63, 3.8) is 0 Å². The van der Waals surface area contributed by atoms with Gasteiger partial charge >= 0.3 is 12.3 Å². The number of rotatable bonds is 4. The molecule has 2 aromatic rings. The molecule has 0 fully saturated rings. The smallest absolute Gasteiger partial charge is 0.433 e. The molecule has 1 N–H and O–H groups in total. The first-order valence-corrected chi connectivity index (χ1v) is 6.36. The van der Waals surface area contributed by atoms with Gasteiger partial charge in [0.05, 0.1) is 12.1 Å². The molecule has 24 heavy (non-hydrogen) atoms. The number of anilines is 1. The van der Waals surface area contributed by atoms with Crippen molar-refractivity contribution in [2.75, 3.05) is 4.90 Å². The van der Waals surface area contributed by atoms with Gasteiger partial charge in [0, 0.05) is 6.20 Å². The highest BCUT2D eigenvalue weighted by Gasteiger charge is 2.32. The molecule has 0 aromatic carbocycles. The van der Waals surface area contributed by atoms with Gasteiger partial charge in [-0.2, -0.15) is 17.6 Å². The van der Waals surface area contributed by atoms with Gasteiger partial charge in [-0.15, -0.1) is 0 Å². The second-order valence-corrected chi connectivity index (χ2v) is 4.59. The number of aldehydes is 1. The van der Waals surface area contributed by atoms with Crippen LogP contribution in [-0.4, -0.2) is 27.5 Å². The summed E-state index contributed by atoms with van der Waals surface area (Å²) < 4.78 is 50.8. The van der Waals surface area contributed by atoms with Crippen molar-refractivity contribution < 1.29 is 32.3 Å². The Balaban J connectivity index is 2.27. The van der Waals surface area contributed by atoms with Crippen LogP contribution < -0.4 is 4.90 Å². The minimum Gasteiger partial charge on any atom is -0.465 e. The standard InChI is InChI=1S/C14H9F4N3O3/c15-12-9(7-22)2-4-11(20-12)21(13(23)24)6-8-1-3-10(19-5-8)14(16,17)18/h1-5,7H,6H2,(H,23,24). The minimum atomic E-state index is -4.61. The number of hydrogen-bond acceptors (Lipinski definition) is 4. The van der Waals surface area contributed by atoms with Crippen molar-refractivity contribution >= 4 is 18.2 Å². The van der Waals surface area contributed by atoms with Gasteiger partial charge in [-0.05, 0) is 23.8 Å². The second-order valence-electron chi connectivity index (χ2n) is 4.59. The zero-order valence-corrected chi connectivity index (χ0v) is 11.8. The quantitative estimate of drug-likeness (QED) is 0.524. The molecule has 6 nitrogen and oxygen atoms in total. The number of halogens is 4. The number of alkyl halides is 3. The van der Waals surface area contributed by atoms with Crippen LogP contribution in [0.2, 0.25) is 0 Å². The van der Waals surface area contributed by atoms with Gasteiger partial charge in [-0.1, -0.05) is 6.07 Å². The van der Waals surface area contributed by atoms with Crippen LogP contribution in [0.5, 0.6) is 0 Å². The van der Waals surface area contributed by atoms with E-state index in [1.165, 1.54) is 0 Å². The molecule has 0 bridgehead atoms. The third-order valence-electron chi connectivity index (χ3n) is 2.95. The third kappa shape index (κ3) is 3.83. The van der Waals surface area contributed by atoms with Crippen molar-refractivity contribution in [3.05, 3.63) is 53.2 Å². The van der Waals surface area contributed by atoms with Crippen LogP contribution in [0.4, 0.5) is 28.2 Å². The molecule has 0 saturated carbocycles. The van der Waals surface area contributed by atoms with E-state index in [1.807, 2.05) is 0 Å². The summed E-state index contributed by atoms with van der Waals surface area (Å²) in [5.41, 5.74) is -1.32. The van der Waals surface area contributed by atoms with E-state index in [0.29, 0.717) is 11.0 Å². The fourth-order valence-electron chi connectivity index (χ4n) is 1.79. The molecule has 10 heteroatoms. The number of amides is 1. The molecule has 2 heterocycles.